The molecule has 0 radical (unpaired) electrons. The zero-order valence-electron chi connectivity index (χ0n) is 29.4. The highest BCUT2D eigenvalue weighted by Crippen LogP contribution is 2.48. The maximum absolute atomic E-state index is 13.5. The lowest BCUT2D eigenvalue weighted by Gasteiger charge is -2.19. The molecule has 0 bridgehead atoms. The van der Waals surface area contributed by atoms with Crippen molar-refractivity contribution >= 4 is 77.6 Å². The average molecular weight is 873 g/mol. The molecular weight excluding hydrogens is 842 g/mol. The first-order valence-corrected chi connectivity index (χ1v) is 19.1. The number of carbonyl (C=O) groups excluding carboxylic acids is 3. The number of carboxylic acids is 1. The fourth-order valence-electron chi connectivity index (χ4n) is 5.10. The summed E-state index contributed by atoms with van der Waals surface area (Å²) >= 11 is 6.00. The van der Waals surface area contributed by atoms with Crippen LogP contribution in [0.4, 0.5) is 45.2 Å². The highest BCUT2D eigenvalue weighted by molar-refractivity contribution is 7.96. The fraction of sp³-hybridized carbons (Fsp3) is 0.265. The molecule has 58 heavy (non-hydrogen) atoms. The van der Waals surface area contributed by atoms with Crippen LogP contribution in [0.2, 0.25) is 5.02 Å². The first kappa shape index (κ1) is 43.4. The summed E-state index contributed by atoms with van der Waals surface area (Å²) in [5.74, 6) is -5.23. The first-order valence-electron chi connectivity index (χ1n) is 16.7. The Morgan fingerprint density at radius 2 is 1.55 bits per heavy atom. The summed E-state index contributed by atoms with van der Waals surface area (Å²) in [6.45, 7) is -2.10. The van der Waals surface area contributed by atoms with Gasteiger partial charge in [0.05, 0.1) is 10.4 Å². The third-order valence-corrected chi connectivity index (χ3v) is 10.9. The predicted octanol–water partition coefficient (Wildman–Crippen LogP) is 4.84. The van der Waals surface area contributed by atoms with Crippen LogP contribution < -0.4 is 31.3 Å². The molecule has 6 N–H and O–H groups in total. The van der Waals surface area contributed by atoms with Gasteiger partial charge >= 0.3 is 35.0 Å². The molecule has 5 rings (SSSR count). The molecule has 3 aromatic carbocycles. The number of amides is 3. The number of carboxylic acid groups (broad SMARTS) is 1. The number of halogens is 6. The smallest absolute Gasteiger partial charge is 0.422 e. The summed E-state index contributed by atoms with van der Waals surface area (Å²) in [5.41, 5.74) is 0.201. The number of hydrogen-bond acceptors (Lipinski definition) is 12. The van der Waals surface area contributed by atoms with Gasteiger partial charge in [0.2, 0.25) is 21.7 Å². The number of aromatic nitrogens is 3. The number of alkyl halides is 5. The topological polar surface area (TPSA) is 231 Å². The molecule has 1 aliphatic carbocycles. The van der Waals surface area contributed by atoms with Crippen LogP contribution in [0.1, 0.15) is 35.2 Å². The van der Waals surface area contributed by atoms with Gasteiger partial charge in [0.15, 0.2) is 6.61 Å². The largest absolute Gasteiger partial charge is 0.480 e. The highest BCUT2D eigenvalue weighted by Gasteiger charge is 2.45. The molecule has 1 unspecified atom stereocenters. The van der Waals surface area contributed by atoms with E-state index in [1.165, 1.54) is 24.3 Å². The van der Waals surface area contributed by atoms with Gasteiger partial charge in [-0.25, -0.2) is 13.2 Å². The van der Waals surface area contributed by atoms with Crippen molar-refractivity contribution in [2.75, 3.05) is 29.1 Å². The van der Waals surface area contributed by atoms with Crippen molar-refractivity contribution in [3.8, 4) is 6.01 Å². The summed E-state index contributed by atoms with van der Waals surface area (Å²) in [7, 11) is -4.22. The number of nitrogens with one attached hydrogen (secondary N) is 5. The van der Waals surface area contributed by atoms with Crippen LogP contribution >= 0.6 is 20.8 Å². The summed E-state index contributed by atoms with van der Waals surface area (Å²) in [5, 5.41) is 22.6. The number of hydrogen-bond donors (Lipinski definition) is 6. The van der Waals surface area contributed by atoms with Crippen LogP contribution in [0.3, 0.4) is 0 Å². The summed E-state index contributed by atoms with van der Waals surface area (Å²) < 4.78 is 94.6. The second-order valence-electron chi connectivity index (χ2n) is 12.5. The molecule has 1 saturated carbocycles. The SMILES string of the molecule is O=C(NCC[C@H](NC(=O)c1ccc(Nc2nc(NC3(c4ccc(Cl)cc4)CC3)nc(OCC(F)(F)F)n2)cc1)C(=O)O)C(=O)Nc1cccc(S(=O)(=O)C(F)(F)P)c1. The number of rotatable bonds is 16. The minimum Gasteiger partial charge on any atom is -0.480 e. The normalized spacial score (nSPS) is 14.1. The maximum atomic E-state index is 13.5. The minimum absolute atomic E-state index is 0.0188. The van der Waals surface area contributed by atoms with Crippen molar-refractivity contribution in [2.45, 2.75) is 46.9 Å². The van der Waals surface area contributed by atoms with Gasteiger partial charge < -0.3 is 36.4 Å². The van der Waals surface area contributed by atoms with Gasteiger partial charge in [0.25, 0.3) is 5.91 Å². The second kappa shape index (κ2) is 17.4. The van der Waals surface area contributed by atoms with E-state index < -0.39 is 86.8 Å². The van der Waals surface area contributed by atoms with E-state index >= 15 is 0 Å². The lowest BCUT2D eigenvalue weighted by atomic mass is 10.1. The zero-order valence-corrected chi connectivity index (χ0v) is 32.2. The lowest BCUT2D eigenvalue weighted by molar-refractivity contribution is -0.154. The minimum atomic E-state index is -5.11. The molecule has 0 spiro atoms. The Bertz CT molecular complexity index is 2300. The van der Waals surface area contributed by atoms with E-state index in [9.17, 15) is 54.7 Å². The van der Waals surface area contributed by atoms with Crippen molar-refractivity contribution in [1.82, 2.24) is 25.6 Å². The van der Waals surface area contributed by atoms with Gasteiger partial charge in [0, 0.05) is 28.5 Å². The maximum Gasteiger partial charge on any atom is 0.422 e. The average Bonchev–Trinajstić information content (AvgIpc) is 3.93. The van der Waals surface area contributed by atoms with Gasteiger partial charge in [0.1, 0.15) is 6.04 Å². The Balaban J connectivity index is 1.18. The predicted molar refractivity (Wildman–Crippen MR) is 201 cm³/mol. The molecule has 16 nitrogen and oxygen atoms in total. The Morgan fingerprint density at radius 1 is 0.897 bits per heavy atom. The first-order chi connectivity index (χ1) is 27.1. The van der Waals surface area contributed by atoms with E-state index in [2.05, 4.69) is 41.5 Å². The van der Waals surface area contributed by atoms with E-state index in [-0.39, 0.29) is 28.8 Å². The van der Waals surface area contributed by atoms with Crippen molar-refractivity contribution in [1.29, 1.82) is 0 Å². The van der Waals surface area contributed by atoms with Crippen molar-refractivity contribution in [3.63, 3.8) is 0 Å². The monoisotopic (exact) mass is 872 g/mol. The number of benzene rings is 3. The number of sulfone groups is 1. The molecule has 0 saturated heterocycles. The highest BCUT2D eigenvalue weighted by atomic mass is 35.5. The Kier molecular flexibility index (Phi) is 13.0. The van der Waals surface area contributed by atoms with Crippen LogP contribution in [0.15, 0.2) is 77.7 Å². The molecule has 24 heteroatoms. The van der Waals surface area contributed by atoms with Crippen molar-refractivity contribution < 1.29 is 59.4 Å². The Labute approximate surface area is 332 Å². The van der Waals surface area contributed by atoms with Crippen LogP contribution in [0.25, 0.3) is 0 Å². The second-order valence-corrected chi connectivity index (χ2v) is 16.1. The van der Waals surface area contributed by atoms with Gasteiger partial charge in [-0.1, -0.05) is 29.8 Å². The van der Waals surface area contributed by atoms with E-state index in [1.807, 2.05) is 0 Å². The molecule has 3 amide bonds. The van der Waals surface area contributed by atoms with Crippen LogP contribution in [-0.4, -0.2) is 82.5 Å². The van der Waals surface area contributed by atoms with Crippen molar-refractivity contribution in [2.24, 2.45) is 0 Å². The Morgan fingerprint density at radius 3 is 2.16 bits per heavy atom. The summed E-state index contributed by atoms with van der Waals surface area (Å²) in [4.78, 5) is 56.6. The molecule has 0 aliphatic heterocycles. The molecule has 2 atom stereocenters. The third kappa shape index (κ3) is 11.4. The van der Waals surface area contributed by atoms with Gasteiger partial charge in [-0.2, -0.15) is 36.9 Å². The number of aliphatic carboxylic acids is 1. The summed E-state index contributed by atoms with van der Waals surface area (Å²) in [6.07, 6.45) is -3.74. The van der Waals surface area contributed by atoms with E-state index in [0.29, 0.717) is 17.9 Å². The van der Waals surface area contributed by atoms with Crippen LogP contribution in [0.5, 0.6) is 6.01 Å². The van der Waals surface area contributed by atoms with Gasteiger partial charge in [-0.15, -0.1) is 0 Å². The number of anilines is 4. The van der Waals surface area contributed by atoms with Gasteiger partial charge in [-0.05, 0) is 88.7 Å². The summed E-state index contributed by atoms with van der Waals surface area (Å²) in [6, 6.07) is 13.9. The molecule has 1 aromatic heterocycles. The van der Waals surface area contributed by atoms with E-state index in [1.54, 1.807) is 24.3 Å². The Hall–Kier alpha value is -5.73. The number of nitrogens with zero attached hydrogens (tertiary/aromatic N) is 3. The van der Waals surface area contributed by atoms with Crippen molar-refractivity contribution in [3.05, 3.63) is 88.9 Å². The standard InChI is InChI=1S/C34H31ClF5N8O8PS/c35-20-8-6-19(7-9-20)32(13-14-32)48-30-45-29(46-31(47-30)56-17-33(36,37)38)43-21-10-4-18(5-11-21)25(49)44-24(28(52)53)12-15-41-26(50)27(51)42-22-2-1-3-23(16-22)58(54,55)34(39,40)57/h1-11,16,24H,12-15,17,57H2,(H,41,50)(H,42,51)(H,44,49)(H,52,53)(H2,43,45,46,47,48)/t24-/m0/s1. The molecule has 4 aromatic rings. The van der Waals surface area contributed by atoms with E-state index in [0.717, 1.165) is 39.1 Å². The zero-order chi connectivity index (χ0) is 42.5. The molecule has 1 heterocycles. The number of carbonyl (C=O) groups is 4. The fourth-order valence-corrected chi connectivity index (χ4v) is 6.49. The van der Waals surface area contributed by atoms with Gasteiger partial charge in [-0.3, -0.25) is 14.4 Å². The molecular formula is C34H31ClF5N8O8PS. The molecule has 308 valence electrons. The molecule has 1 aliphatic rings. The number of ether oxygens (including phenoxy) is 1. The van der Waals surface area contributed by atoms with Crippen LogP contribution in [0, 0.1) is 0 Å². The quantitative estimate of drug-likeness (QED) is 0.0504. The van der Waals surface area contributed by atoms with Crippen LogP contribution in [-0.2, 0) is 29.8 Å². The van der Waals surface area contributed by atoms with E-state index in [4.69, 9.17) is 16.3 Å². The third-order valence-electron chi connectivity index (χ3n) is 8.17. The lowest BCUT2D eigenvalue weighted by Crippen LogP contribution is -2.44. The molecule has 1 fully saturated rings.